The Kier molecular flexibility index (Phi) is 3.65. The number of sulfone groups is 1. The Labute approximate surface area is 107 Å². The van der Waals surface area contributed by atoms with Gasteiger partial charge >= 0.3 is 0 Å². The average Bonchev–Trinajstić information content (AvgIpc) is 2.50. The van der Waals surface area contributed by atoms with Crippen molar-refractivity contribution in [3.8, 4) is 0 Å². The highest BCUT2D eigenvalue weighted by molar-refractivity contribution is 7.91. The van der Waals surface area contributed by atoms with E-state index in [1.165, 1.54) is 6.92 Å². The van der Waals surface area contributed by atoms with Crippen LogP contribution in [0.1, 0.15) is 23.7 Å². The first kappa shape index (κ1) is 13.0. The third-order valence-electron chi connectivity index (χ3n) is 3.03. The molecule has 0 radical (unpaired) electrons. The van der Waals surface area contributed by atoms with E-state index in [0.29, 0.717) is 30.9 Å². The Hall–Kier alpha value is -1.43. The quantitative estimate of drug-likeness (QED) is 0.746. The van der Waals surface area contributed by atoms with Gasteiger partial charge in [-0.2, -0.15) is 0 Å². The molecule has 1 aromatic rings. The van der Waals surface area contributed by atoms with Gasteiger partial charge in [0, 0.05) is 24.8 Å². The Bertz CT molecular complexity index is 554. The minimum absolute atomic E-state index is 0.0129. The molecule has 98 valence electrons. The van der Waals surface area contributed by atoms with Crippen molar-refractivity contribution in [3.05, 3.63) is 23.9 Å². The zero-order chi connectivity index (χ0) is 13.2. The van der Waals surface area contributed by atoms with Gasteiger partial charge in [-0.25, -0.2) is 13.4 Å². The van der Waals surface area contributed by atoms with Crippen LogP contribution in [-0.4, -0.2) is 43.8 Å². The van der Waals surface area contributed by atoms with Gasteiger partial charge in [-0.3, -0.25) is 4.79 Å². The number of rotatable bonds is 2. The van der Waals surface area contributed by atoms with E-state index < -0.39 is 9.84 Å². The van der Waals surface area contributed by atoms with Crippen LogP contribution in [-0.2, 0) is 9.84 Å². The van der Waals surface area contributed by atoms with Crippen molar-refractivity contribution in [2.75, 3.05) is 29.5 Å². The predicted octanol–water partition coefficient (Wildman–Crippen LogP) is 0.909. The number of hydrogen-bond donors (Lipinski definition) is 0. The van der Waals surface area contributed by atoms with Crippen molar-refractivity contribution in [2.45, 2.75) is 13.3 Å². The maximum atomic E-state index is 11.5. The molecule has 0 atom stereocenters. The van der Waals surface area contributed by atoms with Crippen LogP contribution in [0.2, 0.25) is 0 Å². The molecule has 18 heavy (non-hydrogen) atoms. The second-order valence-corrected chi connectivity index (χ2v) is 6.75. The van der Waals surface area contributed by atoms with Gasteiger partial charge in [0.25, 0.3) is 0 Å². The summed E-state index contributed by atoms with van der Waals surface area (Å²) in [6, 6.07) is 3.39. The summed E-state index contributed by atoms with van der Waals surface area (Å²) in [6.45, 7) is 2.61. The number of aromatic nitrogens is 1. The van der Waals surface area contributed by atoms with Crippen molar-refractivity contribution in [1.29, 1.82) is 0 Å². The third kappa shape index (κ3) is 3.07. The molecule has 0 bridgehead atoms. The average molecular weight is 268 g/mol. The summed E-state index contributed by atoms with van der Waals surface area (Å²) in [4.78, 5) is 17.5. The van der Waals surface area contributed by atoms with Crippen molar-refractivity contribution >= 4 is 21.4 Å². The lowest BCUT2D eigenvalue weighted by Gasteiger charge is -2.20. The molecule has 0 amide bonds. The molecule has 6 heteroatoms. The lowest BCUT2D eigenvalue weighted by atomic mass is 10.2. The van der Waals surface area contributed by atoms with E-state index in [9.17, 15) is 13.2 Å². The molecule has 2 rings (SSSR count). The molecule has 0 unspecified atom stereocenters. The first-order valence-corrected chi connectivity index (χ1v) is 7.72. The molecule has 0 aliphatic carbocycles. The van der Waals surface area contributed by atoms with Gasteiger partial charge in [0.05, 0.1) is 11.5 Å². The summed E-state index contributed by atoms with van der Waals surface area (Å²) < 4.78 is 23.0. The van der Waals surface area contributed by atoms with Crippen LogP contribution < -0.4 is 4.90 Å². The summed E-state index contributed by atoms with van der Waals surface area (Å²) in [5, 5.41) is 0. The van der Waals surface area contributed by atoms with Crippen molar-refractivity contribution in [3.63, 3.8) is 0 Å². The van der Waals surface area contributed by atoms with Crippen molar-refractivity contribution in [1.82, 2.24) is 4.98 Å². The number of ketones is 1. The Morgan fingerprint density at radius 1 is 1.33 bits per heavy atom. The summed E-state index contributed by atoms with van der Waals surface area (Å²) in [5.41, 5.74) is 0.604. The van der Waals surface area contributed by atoms with E-state index in [1.807, 2.05) is 4.90 Å². The minimum atomic E-state index is -2.92. The molecule has 5 nitrogen and oxygen atoms in total. The third-order valence-corrected chi connectivity index (χ3v) is 4.75. The van der Waals surface area contributed by atoms with Crippen LogP contribution in [0.5, 0.6) is 0 Å². The van der Waals surface area contributed by atoms with E-state index in [1.54, 1.807) is 18.3 Å². The van der Waals surface area contributed by atoms with Crippen LogP contribution in [0.3, 0.4) is 0 Å². The van der Waals surface area contributed by atoms with Gasteiger partial charge in [-0.05, 0) is 25.5 Å². The molecule has 2 heterocycles. The summed E-state index contributed by atoms with van der Waals surface area (Å²) >= 11 is 0. The molecule has 0 N–H and O–H groups in total. The van der Waals surface area contributed by atoms with Gasteiger partial charge in [-0.15, -0.1) is 0 Å². The zero-order valence-corrected chi connectivity index (χ0v) is 11.1. The molecular weight excluding hydrogens is 252 g/mol. The van der Waals surface area contributed by atoms with Gasteiger partial charge in [0.1, 0.15) is 5.82 Å². The maximum absolute atomic E-state index is 11.5. The first-order chi connectivity index (χ1) is 8.48. The number of pyridine rings is 1. The highest BCUT2D eigenvalue weighted by Gasteiger charge is 2.20. The Morgan fingerprint density at radius 2 is 2.11 bits per heavy atom. The van der Waals surface area contributed by atoms with Crippen LogP contribution in [0.15, 0.2) is 18.3 Å². The molecule has 1 fully saturated rings. The summed E-state index contributed by atoms with van der Waals surface area (Å²) in [6.07, 6.45) is 2.19. The predicted molar refractivity (Wildman–Crippen MR) is 69.7 cm³/mol. The fourth-order valence-corrected chi connectivity index (χ4v) is 3.25. The monoisotopic (exact) mass is 268 g/mol. The fraction of sp³-hybridized carbons (Fsp3) is 0.500. The first-order valence-electron chi connectivity index (χ1n) is 5.90. The van der Waals surface area contributed by atoms with Crippen LogP contribution >= 0.6 is 0 Å². The molecular formula is C12H16N2O3S. The van der Waals surface area contributed by atoms with Crippen molar-refractivity contribution < 1.29 is 13.2 Å². The van der Waals surface area contributed by atoms with Crippen LogP contribution in [0.4, 0.5) is 5.82 Å². The maximum Gasteiger partial charge on any atom is 0.159 e. The Balaban J connectivity index is 2.21. The highest BCUT2D eigenvalue weighted by atomic mass is 32.2. The van der Waals surface area contributed by atoms with Gasteiger partial charge in [0.15, 0.2) is 15.6 Å². The number of anilines is 1. The molecule has 1 aliphatic rings. The standard InChI is InChI=1S/C12H16N2O3S/c1-10(15)11-3-4-13-12(9-11)14-5-2-7-18(16,17)8-6-14/h3-4,9H,2,5-8H2,1H3. The number of Topliss-reactive ketones (excluding diaryl/α,β-unsaturated/α-hetero) is 1. The normalized spacial score (nSPS) is 19.3. The molecule has 0 saturated carbocycles. The van der Waals surface area contributed by atoms with E-state index >= 15 is 0 Å². The van der Waals surface area contributed by atoms with E-state index in [4.69, 9.17) is 0 Å². The SMILES string of the molecule is CC(=O)c1ccnc(N2CCCS(=O)(=O)CC2)c1. The molecule has 1 aromatic heterocycles. The lowest BCUT2D eigenvalue weighted by Crippen LogP contribution is -2.27. The van der Waals surface area contributed by atoms with Crippen molar-refractivity contribution in [2.24, 2.45) is 0 Å². The fourth-order valence-electron chi connectivity index (χ4n) is 1.98. The highest BCUT2D eigenvalue weighted by Crippen LogP contribution is 2.16. The number of nitrogens with zero attached hydrogens (tertiary/aromatic N) is 2. The number of carbonyl (C=O) groups excluding carboxylic acids is 1. The minimum Gasteiger partial charge on any atom is -0.356 e. The van der Waals surface area contributed by atoms with Crippen LogP contribution in [0, 0.1) is 0 Å². The molecule has 1 saturated heterocycles. The molecule has 0 aromatic carbocycles. The largest absolute Gasteiger partial charge is 0.356 e. The van der Waals surface area contributed by atoms with E-state index in [0.717, 1.165) is 0 Å². The number of hydrogen-bond acceptors (Lipinski definition) is 5. The van der Waals surface area contributed by atoms with Gasteiger partial charge in [-0.1, -0.05) is 0 Å². The molecule has 0 spiro atoms. The Morgan fingerprint density at radius 3 is 2.83 bits per heavy atom. The second-order valence-electron chi connectivity index (χ2n) is 4.45. The van der Waals surface area contributed by atoms with Crippen LogP contribution in [0.25, 0.3) is 0 Å². The summed E-state index contributed by atoms with van der Waals surface area (Å²) in [7, 11) is -2.92. The van der Waals surface area contributed by atoms with Gasteiger partial charge < -0.3 is 4.90 Å². The smallest absolute Gasteiger partial charge is 0.159 e. The van der Waals surface area contributed by atoms with E-state index in [-0.39, 0.29) is 17.3 Å². The zero-order valence-electron chi connectivity index (χ0n) is 10.3. The topological polar surface area (TPSA) is 67.3 Å². The lowest BCUT2D eigenvalue weighted by molar-refractivity contribution is 0.101. The molecule has 1 aliphatic heterocycles. The van der Waals surface area contributed by atoms with E-state index in [2.05, 4.69) is 4.98 Å². The van der Waals surface area contributed by atoms with Gasteiger partial charge in [0.2, 0.25) is 0 Å². The summed E-state index contributed by atoms with van der Waals surface area (Å²) in [5.74, 6) is 1.05. The second kappa shape index (κ2) is 5.06. The number of carbonyl (C=O) groups is 1.